The predicted octanol–water partition coefficient (Wildman–Crippen LogP) is 5.07. The van der Waals surface area contributed by atoms with E-state index in [9.17, 15) is 4.79 Å². The van der Waals surface area contributed by atoms with Crippen LogP contribution in [-0.4, -0.2) is 10.9 Å². The van der Waals surface area contributed by atoms with Crippen molar-refractivity contribution in [1.29, 1.82) is 5.26 Å². The highest BCUT2D eigenvalue weighted by Gasteiger charge is 2.07. The average Bonchev–Trinajstić information content (AvgIpc) is 2.69. The van der Waals surface area contributed by atoms with Gasteiger partial charge in [0, 0.05) is 17.6 Å². The van der Waals surface area contributed by atoms with Crippen molar-refractivity contribution in [2.45, 2.75) is 19.8 Å². The molecule has 1 aromatic heterocycles. The lowest BCUT2D eigenvalue weighted by molar-refractivity contribution is 0.102. The van der Waals surface area contributed by atoms with Crippen LogP contribution in [0.3, 0.4) is 0 Å². The molecule has 3 aromatic rings. The molecule has 0 aliphatic heterocycles. The Morgan fingerprint density at radius 3 is 2.19 bits per heavy atom. The minimum Gasteiger partial charge on any atom is -0.340 e. The van der Waals surface area contributed by atoms with E-state index in [2.05, 4.69) is 41.6 Å². The van der Waals surface area contributed by atoms with E-state index in [1.165, 1.54) is 11.8 Å². The van der Waals surface area contributed by atoms with Crippen molar-refractivity contribution < 1.29 is 4.79 Å². The fourth-order valence-corrected chi connectivity index (χ4v) is 2.53. The molecule has 0 atom stereocenters. The van der Waals surface area contributed by atoms with Crippen LogP contribution in [0.15, 0.2) is 66.9 Å². The summed E-state index contributed by atoms with van der Waals surface area (Å²) in [5, 5.41) is 14.8. The van der Waals surface area contributed by atoms with Crippen LogP contribution in [0.2, 0.25) is 0 Å². The number of aromatic nitrogens is 1. The first kappa shape index (κ1) is 18.2. The molecule has 0 saturated carbocycles. The Labute approximate surface area is 158 Å². The van der Waals surface area contributed by atoms with Gasteiger partial charge in [-0.1, -0.05) is 26.0 Å². The number of nitriles is 1. The molecule has 0 fully saturated rings. The highest BCUT2D eigenvalue weighted by atomic mass is 16.1. The molecule has 2 aromatic carbocycles. The van der Waals surface area contributed by atoms with Crippen molar-refractivity contribution in [2.75, 3.05) is 10.6 Å². The normalized spacial score (nSPS) is 10.3. The number of carbonyl (C=O) groups is 1. The van der Waals surface area contributed by atoms with E-state index in [0.717, 1.165) is 5.69 Å². The number of hydrogen-bond acceptors (Lipinski definition) is 4. The number of nitrogens with one attached hydrogen (secondary N) is 2. The van der Waals surface area contributed by atoms with Crippen LogP contribution in [0.5, 0.6) is 0 Å². The molecule has 0 radical (unpaired) electrons. The molecule has 1 heterocycles. The van der Waals surface area contributed by atoms with E-state index in [-0.39, 0.29) is 5.91 Å². The fraction of sp³-hybridized carbons (Fsp3) is 0.136. The van der Waals surface area contributed by atoms with Crippen molar-refractivity contribution in [3.05, 3.63) is 83.6 Å². The standard InChI is InChI=1S/C22H20N4O/c1-15(2)17-5-10-19(11-6-17)25-21-12-7-18(14-24-21)22(27)26-20-8-3-16(13-23)4-9-20/h3-12,14-15H,1-2H3,(H,24,25)(H,26,27). The third-order valence-corrected chi connectivity index (χ3v) is 4.15. The second kappa shape index (κ2) is 8.15. The Bertz CT molecular complexity index is 953. The minimum atomic E-state index is -0.250. The van der Waals surface area contributed by atoms with Crippen LogP contribution < -0.4 is 10.6 Å². The van der Waals surface area contributed by atoms with Crippen molar-refractivity contribution in [3.63, 3.8) is 0 Å². The zero-order valence-electron chi connectivity index (χ0n) is 15.2. The number of anilines is 3. The summed E-state index contributed by atoms with van der Waals surface area (Å²) in [5.41, 5.74) is 3.86. The maximum atomic E-state index is 12.3. The molecule has 1 amide bonds. The molecule has 5 nitrogen and oxygen atoms in total. The van der Waals surface area contributed by atoms with Gasteiger partial charge in [0.1, 0.15) is 5.82 Å². The van der Waals surface area contributed by atoms with Gasteiger partial charge in [0.05, 0.1) is 17.2 Å². The average molecular weight is 356 g/mol. The first-order valence-corrected chi connectivity index (χ1v) is 8.70. The Morgan fingerprint density at radius 1 is 0.963 bits per heavy atom. The Balaban J connectivity index is 1.63. The second-order valence-electron chi connectivity index (χ2n) is 6.48. The third-order valence-electron chi connectivity index (χ3n) is 4.15. The summed E-state index contributed by atoms with van der Waals surface area (Å²) in [6.45, 7) is 4.32. The topological polar surface area (TPSA) is 77.8 Å². The molecule has 2 N–H and O–H groups in total. The molecule has 0 aliphatic rings. The molecule has 27 heavy (non-hydrogen) atoms. The molecular weight excluding hydrogens is 336 g/mol. The van der Waals surface area contributed by atoms with Crippen LogP contribution in [0, 0.1) is 11.3 Å². The largest absolute Gasteiger partial charge is 0.340 e. The SMILES string of the molecule is CC(C)c1ccc(Nc2ccc(C(=O)Nc3ccc(C#N)cc3)cn2)cc1. The van der Waals surface area contributed by atoms with Crippen LogP contribution >= 0.6 is 0 Å². The first-order valence-electron chi connectivity index (χ1n) is 8.70. The lowest BCUT2D eigenvalue weighted by atomic mass is 10.0. The van der Waals surface area contributed by atoms with Gasteiger partial charge in [-0.2, -0.15) is 5.26 Å². The van der Waals surface area contributed by atoms with E-state index >= 15 is 0 Å². The summed E-state index contributed by atoms with van der Waals surface area (Å²) in [4.78, 5) is 16.6. The number of hydrogen-bond donors (Lipinski definition) is 2. The van der Waals surface area contributed by atoms with Crippen LogP contribution in [-0.2, 0) is 0 Å². The summed E-state index contributed by atoms with van der Waals surface area (Å²) >= 11 is 0. The van der Waals surface area contributed by atoms with Gasteiger partial charge in [0.2, 0.25) is 0 Å². The van der Waals surface area contributed by atoms with E-state index < -0.39 is 0 Å². The lowest BCUT2D eigenvalue weighted by Crippen LogP contribution is -2.12. The quantitative estimate of drug-likeness (QED) is 0.669. The predicted molar refractivity (Wildman–Crippen MR) is 107 cm³/mol. The maximum Gasteiger partial charge on any atom is 0.257 e. The van der Waals surface area contributed by atoms with Gasteiger partial charge in [-0.05, 0) is 60.0 Å². The highest BCUT2D eigenvalue weighted by Crippen LogP contribution is 2.20. The number of benzene rings is 2. The number of nitrogens with zero attached hydrogens (tertiary/aromatic N) is 2. The van der Waals surface area contributed by atoms with Gasteiger partial charge in [0.15, 0.2) is 0 Å². The Morgan fingerprint density at radius 2 is 1.63 bits per heavy atom. The third kappa shape index (κ3) is 4.71. The second-order valence-corrected chi connectivity index (χ2v) is 6.48. The Hall–Kier alpha value is -3.65. The molecular formula is C22H20N4O. The minimum absolute atomic E-state index is 0.250. The summed E-state index contributed by atoms with van der Waals surface area (Å²) in [6, 6.07) is 20.4. The first-order chi connectivity index (χ1) is 13.0. The molecule has 134 valence electrons. The van der Waals surface area contributed by atoms with Gasteiger partial charge in [-0.3, -0.25) is 4.79 Å². The van der Waals surface area contributed by atoms with Crippen molar-refractivity contribution >= 4 is 23.1 Å². The van der Waals surface area contributed by atoms with Gasteiger partial charge >= 0.3 is 0 Å². The molecule has 5 heteroatoms. The zero-order chi connectivity index (χ0) is 19.2. The molecule has 0 spiro atoms. The van der Waals surface area contributed by atoms with Crippen LogP contribution in [0.1, 0.15) is 41.3 Å². The van der Waals surface area contributed by atoms with Gasteiger partial charge in [0.25, 0.3) is 5.91 Å². The number of carbonyl (C=O) groups excluding carboxylic acids is 1. The van der Waals surface area contributed by atoms with E-state index in [1.54, 1.807) is 36.4 Å². The molecule has 0 unspecified atom stereocenters. The molecule has 3 rings (SSSR count). The summed E-state index contributed by atoms with van der Waals surface area (Å²) in [7, 11) is 0. The van der Waals surface area contributed by atoms with Gasteiger partial charge in [-0.15, -0.1) is 0 Å². The number of amides is 1. The van der Waals surface area contributed by atoms with E-state index in [4.69, 9.17) is 5.26 Å². The van der Waals surface area contributed by atoms with Gasteiger partial charge < -0.3 is 10.6 Å². The van der Waals surface area contributed by atoms with Crippen LogP contribution in [0.4, 0.5) is 17.2 Å². The van der Waals surface area contributed by atoms with E-state index in [0.29, 0.717) is 28.6 Å². The van der Waals surface area contributed by atoms with Gasteiger partial charge in [-0.25, -0.2) is 4.98 Å². The van der Waals surface area contributed by atoms with Crippen molar-refractivity contribution in [1.82, 2.24) is 4.98 Å². The molecule has 0 bridgehead atoms. The number of rotatable bonds is 5. The van der Waals surface area contributed by atoms with E-state index in [1.807, 2.05) is 18.2 Å². The number of pyridine rings is 1. The van der Waals surface area contributed by atoms with Crippen molar-refractivity contribution in [2.24, 2.45) is 0 Å². The molecule has 0 saturated heterocycles. The van der Waals surface area contributed by atoms with Crippen LogP contribution in [0.25, 0.3) is 0 Å². The summed E-state index contributed by atoms with van der Waals surface area (Å²) < 4.78 is 0. The zero-order valence-corrected chi connectivity index (χ0v) is 15.2. The summed E-state index contributed by atoms with van der Waals surface area (Å²) in [6.07, 6.45) is 1.53. The molecule has 0 aliphatic carbocycles. The fourth-order valence-electron chi connectivity index (χ4n) is 2.53. The monoisotopic (exact) mass is 356 g/mol. The van der Waals surface area contributed by atoms with Crippen molar-refractivity contribution in [3.8, 4) is 6.07 Å². The lowest BCUT2D eigenvalue weighted by Gasteiger charge is -2.09. The maximum absolute atomic E-state index is 12.3. The Kier molecular flexibility index (Phi) is 5.48. The smallest absolute Gasteiger partial charge is 0.257 e. The summed E-state index contributed by atoms with van der Waals surface area (Å²) in [5.74, 6) is 0.911. The highest BCUT2D eigenvalue weighted by molar-refractivity contribution is 6.04.